The van der Waals surface area contributed by atoms with E-state index >= 15 is 0 Å². The molecule has 2 heterocycles. The first-order valence-corrected chi connectivity index (χ1v) is 9.78. The third-order valence-electron chi connectivity index (χ3n) is 5.55. The van der Waals surface area contributed by atoms with Gasteiger partial charge >= 0.3 is 0 Å². The number of hydrogen-bond donors (Lipinski definition) is 1. The normalized spacial score (nSPS) is 18.1. The van der Waals surface area contributed by atoms with Gasteiger partial charge in [-0.25, -0.2) is 0 Å². The Hall–Kier alpha value is -2.66. The van der Waals surface area contributed by atoms with Gasteiger partial charge in [-0.05, 0) is 30.7 Å². The summed E-state index contributed by atoms with van der Waals surface area (Å²) < 4.78 is 0. The first-order chi connectivity index (χ1) is 13.2. The highest BCUT2D eigenvalue weighted by Crippen LogP contribution is 2.22. The first-order valence-electron chi connectivity index (χ1n) is 9.78. The minimum Gasteiger partial charge on any atom is -0.328 e. The molecular formula is C22H26N3O2+. The molecule has 0 radical (unpaired) electrons. The molecule has 2 aromatic carbocycles. The minimum atomic E-state index is 0.0908. The Balaban J connectivity index is 1.33. The topological polar surface area (TPSA) is 45.1 Å². The van der Waals surface area contributed by atoms with Crippen LogP contribution >= 0.6 is 0 Å². The van der Waals surface area contributed by atoms with Crippen LogP contribution < -0.4 is 9.80 Å². The van der Waals surface area contributed by atoms with Crippen molar-refractivity contribution in [3.05, 3.63) is 65.7 Å². The van der Waals surface area contributed by atoms with Crippen molar-refractivity contribution in [2.45, 2.75) is 19.4 Å². The number of carbonyl (C=O) groups excluding carboxylic acids is 2. The van der Waals surface area contributed by atoms with E-state index in [1.807, 2.05) is 35.2 Å². The summed E-state index contributed by atoms with van der Waals surface area (Å²) in [7, 11) is 0. The molecule has 2 aliphatic rings. The Morgan fingerprint density at radius 1 is 0.926 bits per heavy atom. The lowest BCUT2D eigenvalue weighted by Crippen LogP contribution is -3.13. The fourth-order valence-corrected chi connectivity index (χ4v) is 3.98. The van der Waals surface area contributed by atoms with Crippen LogP contribution in [0.3, 0.4) is 0 Å². The summed E-state index contributed by atoms with van der Waals surface area (Å²) >= 11 is 0. The predicted molar refractivity (Wildman–Crippen MR) is 105 cm³/mol. The average Bonchev–Trinajstić information content (AvgIpc) is 3.15. The van der Waals surface area contributed by atoms with E-state index in [1.54, 1.807) is 4.90 Å². The number of piperazine rings is 1. The molecular weight excluding hydrogens is 338 g/mol. The molecule has 2 fully saturated rings. The van der Waals surface area contributed by atoms with Crippen molar-refractivity contribution < 1.29 is 14.5 Å². The lowest BCUT2D eigenvalue weighted by Gasteiger charge is -2.32. The molecule has 0 spiro atoms. The van der Waals surface area contributed by atoms with Gasteiger partial charge in [0.25, 0.3) is 5.91 Å². The van der Waals surface area contributed by atoms with Crippen LogP contribution in [0.4, 0.5) is 5.69 Å². The van der Waals surface area contributed by atoms with Gasteiger partial charge in [0, 0.05) is 29.8 Å². The fourth-order valence-electron chi connectivity index (χ4n) is 3.98. The maximum absolute atomic E-state index is 12.8. The largest absolute Gasteiger partial charge is 0.328 e. The number of nitrogens with zero attached hydrogens (tertiary/aromatic N) is 2. The molecule has 140 valence electrons. The van der Waals surface area contributed by atoms with Crippen molar-refractivity contribution in [3.63, 3.8) is 0 Å². The van der Waals surface area contributed by atoms with Gasteiger partial charge in [0.15, 0.2) is 0 Å². The zero-order valence-electron chi connectivity index (χ0n) is 15.6. The number of rotatable bonds is 4. The molecule has 0 unspecified atom stereocenters. The highest BCUT2D eigenvalue weighted by Gasteiger charge is 2.25. The summed E-state index contributed by atoms with van der Waals surface area (Å²) in [6.45, 7) is 5.31. The van der Waals surface area contributed by atoms with Crippen LogP contribution in [0.25, 0.3) is 0 Å². The molecule has 0 aromatic heterocycles. The lowest BCUT2D eigenvalue weighted by molar-refractivity contribution is -0.917. The third-order valence-corrected chi connectivity index (χ3v) is 5.55. The van der Waals surface area contributed by atoms with E-state index in [0.29, 0.717) is 12.0 Å². The van der Waals surface area contributed by atoms with Gasteiger partial charge in [0.05, 0.1) is 26.2 Å². The number of nitrogens with one attached hydrogen (secondary N) is 1. The highest BCUT2D eigenvalue weighted by atomic mass is 16.2. The predicted octanol–water partition coefficient (Wildman–Crippen LogP) is 1.35. The number of quaternary nitrogens is 1. The first kappa shape index (κ1) is 17.7. The Kier molecular flexibility index (Phi) is 5.21. The molecule has 2 saturated heterocycles. The standard InChI is InChI=1S/C22H25N3O2/c26-21-7-4-12-25(21)20-10-8-19(9-11-20)22(27)24-15-13-23(14-16-24)17-18-5-2-1-3-6-18/h1-3,5-6,8-11H,4,7,12-17H2/p+1. The molecule has 2 aromatic rings. The van der Waals surface area contributed by atoms with Gasteiger partial charge in [-0.2, -0.15) is 0 Å². The van der Waals surface area contributed by atoms with Crippen molar-refractivity contribution in [2.75, 3.05) is 37.6 Å². The number of benzene rings is 2. The Labute approximate surface area is 160 Å². The van der Waals surface area contributed by atoms with Gasteiger partial charge in [-0.3, -0.25) is 9.59 Å². The van der Waals surface area contributed by atoms with E-state index in [1.165, 1.54) is 10.5 Å². The van der Waals surface area contributed by atoms with E-state index < -0.39 is 0 Å². The summed E-state index contributed by atoms with van der Waals surface area (Å²) in [5.74, 6) is 0.264. The maximum Gasteiger partial charge on any atom is 0.254 e. The smallest absolute Gasteiger partial charge is 0.254 e. The molecule has 0 aliphatic carbocycles. The van der Waals surface area contributed by atoms with Crippen LogP contribution in [0.2, 0.25) is 0 Å². The van der Waals surface area contributed by atoms with Gasteiger partial charge in [0.1, 0.15) is 6.54 Å². The quantitative estimate of drug-likeness (QED) is 0.890. The zero-order chi connectivity index (χ0) is 18.6. The van der Waals surface area contributed by atoms with Crippen molar-refractivity contribution in [3.8, 4) is 0 Å². The number of carbonyl (C=O) groups is 2. The van der Waals surface area contributed by atoms with Crippen LogP contribution in [0.15, 0.2) is 54.6 Å². The van der Waals surface area contributed by atoms with E-state index in [0.717, 1.165) is 51.4 Å². The Morgan fingerprint density at radius 3 is 2.26 bits per heavy atom. The van der Waals surface area contributed by atoms with Gasteiger partial charge in [-0.15, -0.1) is 0 Å². The van der Waals surface area contributed by atoms with Crippen LogP contribution in [0, 0.1) is 0 Å². The second kappa shape index (κ2) is 7.92. The molecule has 0 bridgehead atoms. The lowest BCUT2D eigenvalue weighted by atomic mass is 10.1. The second-order valence-electron chi connectivity index (χ2n) is 7.40. The average molecular weight is 364 g/mol. The second-order valence-corrected chi connectivity index (χ2v) is 7.40. The Morgan fingerprint density at radius 2 is 1.63 bits per heavy atom. The number of anilines is 1. The number of amides is 2. The molecule has 2 amide bonds. The molecule has 0 atom stereocenters. The molecule has 27 heavy (non-hydrogen) atoms. The SMILES string of the molecule is O=C(c1ccc(N2CCCC2=O)cc1)N1CC[NH+](Cc2ccccc2)CC1. The molecule has 0 saturated carbocycles. The van der Waals surface area contributed by atoms with Crippen molar-refractivity contribution in [1.82, 2.24) is 4.90 Å². The van der Waals surface area contributed by atoms with Crippen molar-refractivity contribution in [2.24, 2.45) is 0 Å². The van der Waals surface area contributed by atoms with E-state index in [4.69, 9.17) is 0 Å². The fraction of sp³-hybridized carbons (Fsp3) is 0.364. The van der Waals surface area contributed by atoms with Gasteiger partial charge in [-0.1, -0.05) is 30.3 Å². The molecule has 1 N–H and O–H groups in total. The molecule has 5 heteroatoms. The number of hydrogen-bond acceptors (Lipinski definition) is 2. The van der Waals surface area contributed by atoms with Crippen molar-refractivity contribution >= 4 is 17.5 Å². The van der Waals surface area contributed by atoms with E-state index in [9.17, 15) is 9.59 Å². The minimum absolute atomic E-state index is 0.0908. The third kappa shape index (κ3) is 4.03. The summed E-state index contributed by atoms with van der Waals surface area (Å²) in [5.41, 5.74) is 2.95. The Bertz CT molecular complexity index is 796. The van der Waals surface area contributed by atoms with Gasteiger partial charge < -0.3 is 14.7 Å². The summed E-state index contributed by atoms with van der Waals surface area (Å²) in [5, 5.41) is 0. The summed E-state index contributed by atoms with van der Waals surface area (Å²) in [4.78, 5) is 29.9. The van der Waals surface area contributed by atoms with Gasteiger partial charge in [0.2, 0.25) is 5.91 Å². The van der Waals surface area contributed by atoms with Crippen molar-refractivity contribution in [1.29, 1.82) is 0 Å². The maximum atomic E-state index is 12.8. The molecule has 2 aliphatic heterocycles. The monoisotopic (exact) mass is 364 g/mol. The van der Waals surface area contributed by atoms with Crippen LogP contribution in [0.5, 0.6) is 0 Å². The highest BCUT2D eigenvalue weighted by molar-refractivity contribution is 5.97. The zero-order valence-corrected chi connectivity index (χ0v) is 15.6. The van der Waals surface area contributed by atoms with E-state index in [-0.39, 0.29) is 11.8 Å². The van der Waals surface area contributed by atoms with Crippen LogP contribution in [-0.4, -0.2) is 49.4 Å². The molecule has 5 nitrogen and oxygen atoms in total. The summed E-state index contributed by atoms with van der Waals surface area (Å²) in [6, 6.07) is 18.0. The molecule has 4 rings (SSSR count). The summed E-state index contributed by atoms with van der Waals surface area (Å²) in [6.07, 6.45) is 1.53. The van der Waals surface area contributed by atoms with E-state index in [2.05, 4.69) is 24.3 Å². The van der Waals surface area contributed by atoms with Crippen LogP contribution in [-0.2, 0) is 11.3 Å². The van der Waals surface area contributed by atoms with Crippen LogP contribution in [0.1, 0.15) is 28.8 Å².